The lowest BCUT2D eigenvalue weighted by Crippen LogP contribution is -2.27. The maximum Gasteiger partial charge on any atom is 0.238 e. The Balaban J connectivity index is 1.46. The molecule has 0 saturated carbocycles. The predicted octanol–water partition coefficient (Wildman–Crippen LogP) is 5.35. The molecule has 4 nitrogen and oxygen atoms in total. The second kappa shape index (κ2) is 9.49. The number of thiazole rings is 1. The Kier molecular flexibility index (Phi) is 6.34. The van der Waals surface area contributed by atoms with Crippen molar-refractivity contribution in [2.75, 3.05) is 0 Å². The van der Waals surface area contributed by atoms with Gasteiger partial charge in [0.2, 0.25) is 5.91 Å². The highest BCUT2D eigenvalue weighted by Gasteiger charge is 2.22. The van der Waals surface area contributed by atoms with Crippen LogP contribution in [0.2, 0.25) is 0 Å². The fraction of sp³-hybridized carbons (Fsp3) is 0.0870. The number of pyridine rings is 1. The summed E-state index contributed by atoms with van der Waals surface area (Å²) in [5, 5.41) is 5.62. The normalized spacial score (nSPS) is 11.7. The van der Waals surface area contributed by atoms with E-state index in [1.807, 2.05) is 78.2 Å². The van der Waals surface area contributed by atoms with Gasteiger partial charge in [0.05, 0.1) is 12.2 Å². The molecule has 144 valence electrons. The van der Waals surface area contributed by atoms with Crippen molar-refractivity contribution in [1.29, 1.82) is 0 Å². The molecule has 0 aliphatic rings. The highest BCUT2D eigenvalue weighted by Crippen LogP contribution is 2.35. The van der Waals surface area contributed by atoms with E-state index in [9.17, 15) is 4.79 Å². The lowest BCUT2D eigenvalue weighted by atomic mass is 10.1. The van der Waals surface area contributed by atoms with E-state index in [2.05, 4.69) is 15.3 Å². The topological polar surface area (TPSA) is 54.9 Å². The molecule has 0 fully saturated rings. The van der Waals surface area contributed by atoms with Crippen molar-refractivity contribution >= 4 is 29.0 Å². The van der Waals surface area contributed by atoms with Crippen LogP contribution < -0.4 is 5.32 Å². The van der Waals surface area contributed by atoms with Crippen LogP contribution >= 0.6 is 23.1 Å². The molecule has 0 aliphatic heterocycles. The van der Waals surface area contributed by atoms with Crippen LogP contribution in [0.15, 0.2) is 95.5 Å². The summed E-state index contributed by atoms with van der Waals surface area (Å²) in [6.45, 7) is 0.410. The lowest BCUT2D eigenvalue weighted by Gasteiger charge is -2.16. The molecule has 29 heavy (non-hydrogen) atoms. The number of hydrogen-bond acceptors (Lipinski definition) is 5. The Hall–Kier alpha value is -2.96. The van der Waals surface area contributed by atoms with Gasteiger partial charge in [-0.3, -0.25) is 9.78 Å². The molecule has 2 aromatic heterocycles. The summed E-state index contributed by atoms with van der Waals surface area (Å²) in [5.74, 6) is -0.0225. The van der Waals surface area contributed by atoms with Gasteiger partial charge in [0.15, 0.2) is 0 Å². The van der Waals surface area contributed by atoms with Crippen molar-refractivity contribution in [1.82, 2.24) is 15.3 Å². The van der Waals surface area contributed by atoms with Gasteiger partial charge in [0, 0.05) is 28.2 Å². The highest BCUT2D eigenvalue weighted by molar-refractivity contribution is 8.00. The van der Waals surface area contributed by atoms with Crippen molar-refractivity contribution < 1.29 is 4.79 Å². The number of nitrogens with one attached hydrogen (secondary N) is 1. The molecule has 2 heterocycles. The number of nitrogens with zero attached hydrogens (tertiary/aromatic N) is 2. The number of rotatable bonds is 7. The molecule has 1 N–H and O–H groups in total. The molecule has 1 atom stereocenters. The van der Waals surface area contributed by atoms with E-state index in [-0.39, 0.29) is 11.2 Å². The molecule has 2 aromatic carbocycles. The highest BCUT2D eigenvalue weighted by atomic mass is 32.2. The summed E-state index contributed by atoms with van der Waals surface area (Å²) in [5.41, 5.74) is 2.91. The van der Waals surface area contributed by atoms with Crippen LogP contribution in [0.25, 0.3) is 11.3 Å². The third kappa shape index (κ3) is 5.10. The van der Waals surface area contributed by atoms with Crippen LogP contribution in [-0.2, 0) is 11.3 Å². The minimum absolute atomic E-state index is 0.0225. The SMILES string of the molecule is O=C(NCc1nc(-c2ccncc2)cs1)C(Sc1ccccc1)c1ccccc1. The Labute approximate surface area is 178 Å². The molecule has 0 radical (unpaired) electrons. The van der Waals surface area contributed by atoms with Gasteiger partial charge in [-0.1, -0.05) is 48.5 Å². The van der Waals surface area contributed by atoms with Crippen LogP contribution in [0.4, 0.5) is 0 Å². The van der Waals surface area contributed by atoms with Crippen molar-refractivity contribution in [3.63, 3.8) is 0 Å². The number of thioether (sulfide) groups is 1. The van der Waals surface area contributed by atoms with Crippen molar-refractivity contribution in [2.24, 2.45) is 0 Å². The maximum atomic E-state index is 13.0. The van der Waals surface area contributed by atoms with Crippen molar-refractivity contribution in [3.8, 4) is 11.3 Å². The minimum Gasteiger partial charge on any atom is -0.348 e. The van der Waals surface area contributed by atoms with Gasteiger partial charge in [-0.2, -0.15) is 0 Å². The third-order valence-electron chi connectivity index (χ3n) is 4.28. The van der Waals surface area contributed by atoms with Gasteiger partial charge in [0.1, 0.15) is 10.3 Å². The first kappa shape index (κ1) is 19.4. The van der Waals surface area contributed by atoms with E-state index in [0.29, 0.717) is 6.54 Å². The standard InChI is InChI=1S/C23H19N3OS2/c27-23(25-15-21-26-20(16-28-21)17-11-13-24-14-12-17)22(18-7-3-1-4-8-18)29-19-9-5-2-6-10-19/h1-14,16,22H,15H2,(H,25,27). The first-order chi connectivity index (χ1) is 14.3. The molecule has 6 heteroatoms. The summed E-state index contributed by atoms with van der Waals surface area (Å²) in [7, 11) is 0. The number of hydrogen-bond donors (Lipinski definition) is 1. The molecule has 1 amide bonds. The predicted molar refractivity (Wildman–Crippen MR) is 119 cm³/mol. The Bertz CT molecular complexity index is 1050. The van der Waals surface area contributed by atoms with Crippen LogP contribution in [0.3, 0.4) is 0 Å². The Morgan fingerprint density at radius 1 is 0.966 bits per heavy atom. The van der Waals surface area contributed by atoms with Crippen LogP contribution in [0.1, 0.15) is 15.8 Å². The lowest BCUT2D eigenvalue weighted by molar-refractivity contribution is -0.120. The molecular formula is C23H19N3OS2. The minimum atomic E-state index is -0.321. The summed E-state index contributed by atoms with van der Waals surface area (Å²) in [6, 6.07) is 23.7. The first-order valence-corrected chi connectivity index (χ1v) is 10.9. The zero-order valence-corrected chi connectivity index (χ0v) is 17.2. The smallest absolute Gasteiger partial charge is 0.238 e. The number of carbonyl (C=O) groups excluding carboxylic acids is 1. The summed E-state index contributed by atoms with van der Waals surface area (Å²) < 4.78 is 0. The summed E-state index contributed by atoms with van der Waals surface area (Å²) >= 11 is 3.10. The number of amides is 1. The molecular weight excluding hydrogens is 398 g/mol. The fourth-order valence-corrected chi connectivity index (χ4v) is 4.65. The van der Waals surface area contributed by atoms with E-state index in [1.54, 1.807) is 35.5 Å². The summed E-state index contributed by atoms with van der Waals surface area (Å²) in [4.78, 5) is 22.8. The zero-order valence-electron chi connectivity index (χ0n) is 15.6. The Morgan fingerprint density at radius 2 is 1.66 bits per heavy atom. The fourth-order valence-electron chi connectivity index (χ4n) is 2.84. The average molecular weight is 418 g/mol. The first-order valence-electron chi connectivity index (χ1n) is 9.19. The molecule has 0 bridgehead atoms. The van der Waals surface area contributed by atoms with E-state index in [4.69, 9.17) is 0 Å². The zero-order chi connectivity index (χ0) is 19.9. The van der Waals surface area contributed by atoms with Gasteiger partial charge in [0.25, 0.3) is 0 Å². The molecule has 1 unspecified atom stereocenters. The average Bonchev–Trinajstić information content (AvgIpc) is 3.27. The largest absolute Gasteiger partial charge is 0.348 e. The number of aromatic nitrogens is 2. The van der Waals surface area contributed by atoms with Gasteiger partial charge >= 0.3 is 0 Å². The second-order valence-corrected chi connectivity index (χ2v) is 8.42. The van der Waals surface area contributed by atoms with E-state index in [1.165, 1.54) is 0 Å². The van der Waals surface area contributed by atoms with Crippen molar-refractivity contribution in [2.45, 2.75) is 16.7 Å². The van der Waals surface area contributed by atoms with Crippen LogP contribution in [-0.4, -0.2) is 15.9 Å². The Morgan fingerprint density at radius 3 is 2.38 bits per heavy atom. The second-order valence-electron chi connectivity index (χ2n) is 6.30. The molecule has 0 saturated heterocycles. The van der Waals surface area contributed by atoms with Gasteiger partial charge in [-0.05, 0) is 29.8 Å². The van der Waals surface area contributed by atoms with Gasteiger partial charge in [-0.15, -0.1) is 23.1 Å². The van der Waals surface area contributed by atoms with Gasteiger partial charge in [-0.25, -0.2) is 4.98 Å². The van der Waals surface area contributed by atoms with E-state index < -0.39 is 0 Å². The molecule has 0 aliphatic carbocycles. The number of carbonyl (C=O) groups is 1. The van der Waals surface area contributed by atoms with Gasteiger partial charge < -0.3 is 5.32 Å². The van der Waals surface area contributed by atoms with Crippen LogP contribution in [0.5, 0.6) is 0 Å². The summed E-state index contributed by atoms with van der Waals surface area (Å²) in [6.07, 6.45) is 3.50. The monoisotopic (exact) mass is 417 g/mol. The third-order valence-corrected chi connectivity index (χ3v) is 6.39. The quantitative estimate of drug-likeness (QED) is 0.412. The van der Waals surface area contributed by atoms with Crippen molar-refractivity contribution in [3.05, 3.63) is 101 Å². The molecule has 4 rings (SSSR count). The molecule has 0 spiro atoms. The van der Waals surface area contributed by atoms with E-state index in [0.717, 1.165) is 26.7 Å². The number of benzene rings is 2. The van der Waals surface area contributed by atoms with Crippen LogP contribution in [0, 0.1) is 0 Å². The maximum absolute atomic E-state index is 13.0. The van der Waals surface area contributed by atoms with E-state index >= 15 is 0 Å². The molecule has 4 aromatic rings.